The van der Waals surface area contributed by atoms with Crippen molar-refractivity contribution in [1.29, 1.82) is 0 Å². The quantitative estimate of drug-likeness (QED) is 0.890. The van der Waals surface area contributed by atoms with Crippen molar-refractivity contribution in [1.82, 2.24) is 10.6 Å². The molecular weight excluding hydrogens is 315 g/mol. The minimum Gasteiger partial charge on any atom is -0.490 e. The first-order chi connectivity index (χ1) is 12.2. The largest absolute Gasteiger partial charge is 0.490 e. The van der Waals surface area contributed by atoms with E-state index in [-0.39, 0.29) is 18.0 Å². The maximum atomic E-state index is 14.0. The number of benzene rings is 2. The number of hydrogen-bond donors (Lipinski definition) is 2. The van der Waals surface area contributed by atoms with E-state index in [2.05, 4.69) is 34.9 Å². The molecular formula is C21H25FN2O. The van der Waals surface area contributed by atoms with Gasteiger partial charge in [0.15, 0.2) is 0 Å². The van der Waals surface area contributed by atoms with Crippen LogP contribution in [0.25, 0.3) is 0 Å². The van der Waals surface area contributed by atoms with E-state index in [1.165, 1.54) is 5.56 Å². The maximum absolute atomic E-state index is 14.0. The molecule has 0 radical (unpaired) electrons. The van der Waals surface area contributed by atoms with E-state index < -0.39 is 0 Å². The van der Waals surface area contributed by atoms with Crippen molar-refractivity contribution in [3.8, 4) is 5.75 Å². The van der Waals surface area contributed by atoms with Gasteiger partial charge in [-0.1, -0.05) is 30.3 Å². The monoisotopic (exact) mass is 340 g/mol. The molecule has 3 nitrogen and oxygen atoms in total. The van der Waals surface area contributed by atoms with Crippen molar-refractivity contribution < 1.29 is 9.13 Å². The zero-order valence-electron chi connectivity index (χ0n) is 14.6. The normalized spacial score (nSPS) is 25.4. The minimum absolute atomic E-state index is 0.129. The topological polar surface area (TPSA) is 33.3 Å². The molecule has 2 aromatic carbocycles. The number of rotatable bonds is 4. The molecule has 2 N–H and O–H groups in total. The average Bonchev–Trinajstić information content (AvgIpc) is 3.00. The van der Waals surface area contributed by atoms with Gasteiger partial charge in [0.1, 0.15) is 17.7 Å². The van der Waals surface area contributed by atoms with Gasteiger partial charge in [0, 0.05) is 36.2 Å². The van der Waals surface area contributed by atoms with Crippen LogP contribution >= 0.6 is 0 Å². The number of ether oxygens (including phenoxy) is 1. The highest BCUT2D eigenvalue weighted by atomic mass is 19.1. The predicted molar refractivity (Wildman–Crippen MR) is 97.2 cm³/mol. The van der Waals surface area contributed by atoms with Gasteiger partial charge in [-0.25, -0.2) is 4.39 Å². The molecule has 4 rings (SSSR count). The third kappa shape index (κ3) is 3.55. The minimum atomic E-state index is -0.172. The van der Waals surface area contributed by atoms with E-state index >= 15 is 0 Å². The lowest BCUT2D eigenvalue weighted by Gasteiger charge is -2.34. The molecule has 25 heavy (non-hydrogen) atoms. The van der Waals surface area contributed by atoms with Gasteiger partial charge < -0.3 is 15.4 Å². The Kier molecular flexibility index (Phi) is 4.73. The summed E-state index contributed by atoms with van der Waals surface area (Å²) in [6.45, 7) is 3.70. The fourth-order valence-corrected chi connectivity index (χ4v) is 4.06. The fraction of sp³-hybridized carbons (Fsp3) is 0.429. The maximum Gasteiger partial charge on any atom is 0.127 e. The fourth-order valence-electron chi connectivity index (χ4n) is 4.06. The van der Waals surface area contributed by atoms with Crippen LogP contribution in [0.2, 0.25) is 0 Å². The second-order valence-electron chi connectivity index (χ2n) is 7.16. The molecule has 0 aliphatic carbocycles. The smallest absolute Gasteiger partial charge is 0.127 e. The molecule has 0 spiro atoms. The molecule has 1 fully saturated rings. The molecule has 0 bridgehead atoms. The van der Waals surface area contributed by atoms with Crippen LogP contribution in [-0.4, -0.2) is 18.7 Å². The lowest BCUT2D eigenvalue weighted by molar-refractivity contribution is 0.250. The molecule has 1 saturated heterocycles. The van der Waals surface area contributed by atoms with Gasteiger partial charge in [-0.05, 0) is 44.0 Å². The average molecular weight is 340 g/mol. The molecule has 3 atom stereocenters. The van der Waals surface area contributed by atoms with Crippen LogP contribution in [0.4, 0.5) is 4.39 Å². The Hall–Kier alpha value is -1.91. The van der Waals surface area contributed by atoms with Gasteiger partial charge in [0.25, 0.3) is 0 Å². The van der Waals surface area contributed by atoms with Crippen LogP contribution < -0.4 is 15.4 Å². The standard InChI is InChI=1S/C21H25FN2O/c1-14-10-16-11-18(22)12-17(21(16)25-14)13-24-19-8-5-9-23-20(19)15-6-3-2-4-7-15/h2-4,6-7,11-12,14,19-20,23-24H,5,8-10,13H2,1H3/t14?,19-,20-/m0/s1. The molecule has 0 aromatic heterocycles. The molecule has 2 aromatic rings. The highest BCUT2D eigenvalue weighted by molar-refractivity contribution is 5.45. The summed E-state index contributed by atoms with van der Waals surface area (Å²) in [6, 6.07) is 14.4. The van der Waals surface area contributed by atoms with Gasteiger partial charge >= 0.3 is 0 Å². The van der Waals surface area contributed by atoms with Crippen LogP contribution in [0.1, 0.15) is 42.5 Å². The second kappa shape index (κ2) is 7.14. The summed E-state index contributed by atoms with van der Waals surface area (Å²) < 4.78 is 19.9. The van der Waals surface area contributed by atoms with Crippen molar-refractivity contribution in [3.63, 3.8) is 0 Å². The van der Waals surface area contributed by atoms with E-state index in [0.717, 1.165) is 42.7 Å². The van der Waals surface area contributed by atoms with Gasteiger partial charge in [0.05, 0.1) is 0 Å². The number of halogens is 1. The zero-order valence-corrected chi connectivity index (χ0v) is 14.6. The summed E-state index contributed by atoms with van der Waals surface area (Å²) >= 11 is 0. The van der Waals surface area contributed by atoms with E-state index in [0.29, 0.717) is 12.6 Å². The van der Waals surface area contributed by atoms with E-state index in [4.69, 9.17) is 4.74 Å². The van der Waals surface area contributed by atoms with Crippen LogP contribution in [0.3, 0.4) is 0 Å². The number of piperidine rings is 1. The zero-order chi connectivity index (χ0) is 17.2. The Balaban J connectivity index is 1.51. The SMILES string of the molecule is CC1Cc2cc(F)cc(CN[C@H]3CCCN[C@H]3c3ccccc3)c2O1. The number of fused-ring (bicyclic) bond motifs is 1. The van der Waals surface area contributed by atoms with Gasteiger partial charge in [-0.3, -0.25) is 0 Å². The Morgan fingerprint density at radius 3 is 2.92 bits per heavy atom. The summed E-state index contributed by atoms with van der Waals surface area (Å²) in [7, 11) is 0. The first-order valence-corrected chi connectivity index (χ1v) is 9.20. The summed E-state index contributed by atoms with van der Waals surface area (Å²) in [5, 5.41) is 7.27. The molecule has 2 aliphatic rings. The Bertz CT molecular complexity index is 734. The van der Waals surface area contributed by atoms with Crippen LogP contribution in [0.15, 0.2) is 42.5 Å². The van der Waals surface area contributed by atoms with Crippen molar-refractivity contribution >= 4 is 0 Å². The van der Waals surface area contributed by atoms with Crippen molar-refractivity contribution in [2.45, 2.75) is 50.9 Å². The van der Waals surface area contributed by atoms with E-state index in [9.17, 15) is 4.39 Å². The highest BCUT2D eigenvalue weighted by Gasteiger charge is 2.27. The van der Waals surface area contributed by atoms with Crippen molar-refractivity contribution in [3.05, 3.63) is 65.0 Å². The summed E-state index contributed by atoms with van der Waals surface area (Å²) in [4.78, 5) is 0. The number of hydrogen-bond acceptors (Lipinski definition) is 3. The predicted octanol–water partition coefficient (Wildman–Crippen LogP) is 3.73. The summed E-state index contributed by atoms with van der Waals surface area (Å²) in [5.41, 5.74) is 3.22. The Morgan fingerprint density at radius 2 is 2.08 bits per heavy atom. The summed E-state index contributed by atoms with van der Waals surface area (Å²) in [5.74, 6) is 0.705. The Labute approximate surface area is 148 Å². The van der Waals surface area contributed by atoms with Gasteiger partial charge in [-0.2, -0.15) is 0 Å². The lowest BCUT2D eigenvalue weighted by Crippen LogP contribution is -2.45. The molecule has 0 amide bonds. The van der Waals surface area contributed by atoms with Crippen LogP contribution in [0, 0.1) is 5.82 Å². The lowest BCUT2D eigenvalue weighted by atomic mass is 9.92. The third-order valence-electron chi connectivity index (χ3n) is 5.21. The summed E-state index contributed by atoms with van der Waals surface area (Å²) in [6.07, 6.45) is 3.18. The highest BCUT2D eigenvalue weighted by Crippen LogP contribution is 2.34. The first kappa shape index (κ1) is 16.6. The van der Waals surface area contributed by atoms with Gasteiger partial charge in [0.2, 0.25) is 0 Å². The van der Waals surface area contributed by atoms with Crippen molar-refractivity contribution in [2.75, 3.05) is 6.54 Å². The van der Waals surface area contributed by atoms with Crippen molar-refractivity contribution in [2.24, 2.45) is 0 Å². The molecule has 1 unspecified atom stereocenters. The molecule has 4 heteroatoms. The first-order valence-electron chi connectivity index (χ1n) is 9.20. The van der Waals surface area contributed by atoms with Crippen LogP contribution in [-0.2, 0) is 13.0 Å². The molecule has 2 aliphatic heterocycles. The molecule has 2 heterocycles. The van der Waals surface area contributed by atoms with Crippen LogP contribution in [0.5, 0.6) is 5.75 Å². The van der Waals surface area contributed by atoms with E-state index in [1.54, 1.807) is 12.1 Å². The number of nitrogens with one attached hydrogen (secondary N) is 2. The second-order valence-corrected chi connectivity index (χ2v) is 7.16. The van der Waals surface area contributed by atoms with E-state index in [1.807, 2.05) is 13.0 Å². The van der Waals surface area contributed by atoms with Gasteiger partial charge in [-0.15, -0.1) is 0 Å². The molecule has 132 valence electrons. The molecule has 0 saturated carbocycles. The third-order valence-corrected chi connectivity index (χ3v) is 5.21. The Morgan fingerprint density at radius 1 is 1.24 bits per heavy atom.